The molecule has 1 aromatic heterocycles. The number of nitrogen functional groups attached to an aromatic ring is 1. The number of aromatic nitrogens is 1. The number of hydrogen-bond acceptors (Lipinski definition) is 4. The molecule has 0 radical (unpaired) electrons. The van der Waals surface area contributed by atoms with Crippen LogP contribution in [-0.4, -0.2) is 21.2 Å². The Kier molecular flexibility index (Phi) is 1.93. The Morgan fingerprint density at radius 3 is 2.67 bits per heavy atom. The highest BCUT2D eigenvalue weighted by atomic mass is 16.4. The molecule has 0 unspecified atom stereocenters. The van der Waals surface area contributed by atoms with Crippen LogP contribution in [0.2, 0.25) is 0 Å². The third-order valence-electron chi connectivity index (χ3n) is 2.11. The van der Waals surface area contributed by atoms with Gasteiger partial charge in [0, 0.05) is 5.39 Å². The van der Waals surface area contributed by atoms with Crippen molar-refractivity contribution in [1.29, 1.82) is 0 Å². The molecule has 76 valence electrons. The van der Waals surface area contributed by atoms with Crippen molar-refractivity contribution in [3.63, 3.8) is 0 Å². The molecule has 1 aromatic carbocycles. The minimum Gasteiger partial charge on any atom is -0.506 e. The molecule has 0 aliphatic heterocycles. The van der Waals surface area contributed by atoms with E-state index in [0.29, 0.717) is 10.9 Å². The lowest BCUT2D eigenvalue weighted by Gasteiger charge is -2.06. The lowest BCUT2D eigenvalue weighted by Crippen LogP contribution is -2.05. The van der Waals surface area contributed by atoms with Crippen molar-refractivity contribution in [2.75, 3.05) is 5.73 Å². The van der Waals surface area contributed by atoms with Gasteiger partial charge in [0.15, 0.2) is 0 Å². The molecule has 1 heterocycles. The second kappa shape index (κ2) is 3.13. The highest BCUT2D eigenvalue weighted by Gasteiger charge is 2.17. The molecule has 0 spiro atoms. The lowest BCUT2D eigenvalue weighted by molar-refractivity contribution is 0.0695. The summed E-state index contributed by atoms with van der Waals surface area (Å²) in [6.07, 6.45) is 0. The number of fused-ring (bicyclic) bond motifs is 1. The van der Waals surface area contributed by atoms with E-state index in [2.05, 4.69) is 4.98 Å². The predicted molar refractivity (Wildman–Crippen MR) is 54.8 cm³/mol. The smallest absolute Gasteiger partial charge is 0.343 e. The maximum Gasteiger partial charge on any atom is 0.343 e. The van der Waals surface area contributed by atoms with Gasteiger partial charge in [0.25, 0.3) is 0 Å². The third-order valence-corrected chi connectivity index (χ3v) is 2.11. The standard InChI is InChI=1S/C10H8N2O3/c11-9-7(10(14)15)8(13)5-3-1-2-4-6(5)12-9/h1-4H,(H,14,15)(H3,11,12,13). The lowest BCUT2D eigenvalue weighted by atomic mass is 10.1. The van der Waals surface area contributed by atoms with Gasteiger partial charge in [0.2, 0.25) is 0 Å². The van der Waals surface area contributed by atoms with Crippen LogP contribution in [0.4, 0.5) is 5.82 Å². The normalized spacial score (nSPS) is 10.4. The van der Waals surface area contributed by atoms with Crippen molar-refractivity contribution in [2.24, 2.45) is 0 Å². The molecular formula is C10H8N2O3. The molecule has 2 rings (SSSR count). The van der Waals surface area contributed by atoms with Gasteiger partial charge in [-0.25, -0.2) is 9.78 Å². The Bertz CT molecular complexity index is 552. The van der Waals surface area contributed by atoms with Crippen LogP contribution >= 0.6 is 0 Å². The van der Waals surface area contributed by atoms with Gasteiger partial charge < -0.3 is 15.9 Å². The average molecular weight is 204 g/mol. The van der Waals surface area contributed by atoms with E-state index in [9.17, 15) is 9.90 Å². The van der Waals surface area contributed by atoms with Crippen LogP contribution in [0.3, 0.4) is 0 Å². The van der Waals surface area contributed by atoms with Crippen LogP contribution < -0.4 is 5.73 Å². The van der Waals surface area contributed by atoms with Gasteiger partial charge in [-0.05, 0) is 12.1 Å². The average Bonchev–Trinajstić information content (AvgIpc) is 2.17. The van der Waals surface area contributed by atoms with Crippen molar-refractivity contribution < 1.29 is 15.0 Å². The number of anilines is 1. The Balaban J connectivity index is 2.90. The summed E-state index contributed by atoms with van der Waals surface area (Å²) < 4.78 is 0. The molecule has 0 fully saturated rings. The van der Waals surface area contributed by atoms with Crippen molar-refractivity contribution in [3.8, 4) is 5.75 Å². The van der Waals surface area contributed by atoms with E-state index in [1.165, 1.54) is 0 Å². The highest BCUT2D eigenvalue weighted by Crippen LogP contribution is 2.30. The largest absolute Gasteiger partial charge is 0.506 e. The van der Waals surface area contributed by atoms with Crippen LogP contribution in [0.25, 0.3) is 10.9 Å². The van der Waals surface area contributed by atoms with Gasteiger partial charge in [-0.2, -0.15) is 0 Å². The van der Waals surface area contributed by atoms with E-state index in [0.717, 1.165) is 0 Å². The first kappa shape index (κ1) is 9.26. The first-order valence-electron chi connectivity index (χ1n) is 4.21. The summed E-state index contributed by atoms with van der Waals surface area (Å²) in [6, 6.07) is 6.65. The zero-order chi connectivity index (χ0) is 11.0. The molecule has 0 bridgehead atoms. The fourth-order valence-electron chi connectivity index (χ4n) is 1.42. The molecule has 0 saturated heterocycles. The summed E-state index contributed by atoms with van der Waals surface area (Å²) in [5.74, 6) is -1.81. The summed E-state index contributed by atoms with van der Waals surface area (Å²) >= 11 is 0. The first-order chi connectivity index (χ1) is 7.11. The van der Waals surface area contributed by atoms with E-state index in [-0.39, 0.29) is 17.1 Å². The molecule has 0 aliphatic carbocycles. The third kappa shape index (κ3) is 1.34. The first-order valence-corrected chi connectivity index (χ1v) is 4.21. The Hall–Kier alpha value is -2.30. The predicted octanol–water partition coefficient (Wildman–Crippen LogP) is 1.22. The number of pyridine rings is 1. The fourth-order valence-corrected chi connectivity index (χ4v) is 1.42. The van der Waals surface area contributed by atoms with Crippen molar-refractivity contribution in [1.82, 2.24) is 4.98 Å². The topological polar surface area (TPSA) is 96.4 Å². The van der Waals surface area contributed by atoms with Gasteiger partial charge in [-0.15, -0.1) is 0 Å². The van der Waals surface area contributed by atoms with Crippen molar-refractivity contribution in [2.45, 2.75) is 0 Å². The molecular weight excluding hydrogens is 196 g/mol. The summed E-state index contributed by atoms with van der Waals surface area (Å²) in [4.78, 5) is 14.7. The van der Waals surface area contributed by atoms with Crippen molar-refractivity contribution in [3.05, 3.63) is 29.8 Å². The number of aromatic carboxylic acids is 1. The summed E-state index contributed by atoms with van der Waals surface area (Å²) in [5.41, 5.74) is 5.55. The number of hydrogen-bond donors (Lipinski definition) is 3. The van der Waals surface area contributed by atoms with Crippen LogP contribution in [0.15, 0.2) is 24.3 Å². The number of para-hydroxylation sites is 1. The summed E-state index contributed by atoms with van der Waals surface area (Å²) in [5, 5.41) is 18.9. The van der Waals surface area contributed by atoms with Crippen molar-refractivity contribution >= 4 is 22.7 Å². The van der Waals surface area contributed by atoms with Crippen LogP contribution in [0.5, 0.6) is 5.75 Å². The Labute approximate surface area is 84.8 Å². The molecule has 0 aliphatic rings. The molecule has 2 aromatic rings. The zero-order valence-electron chi connectivity index (χ0n) is 7.64. The number of carbonyl (C=O) groups is 1. The molecule has 15 heavy (non-hydrogen) atoms. The molecule has 0 amide bonds. The summed E-state index contributed by atoms with van der Waals surface area (Å²) in [6.45, 7) is 0. The maximum atomic E-state index is 10.8. The van der Waals surface area contributed by atoms with Crippen LogP contribution in [0.1, 0.15) is 10.4 Å². The number of rotatable bonds is 1. The van der Waals surface area contributed by atoms with E-state index in [1.54, 1.807) is 24.3 Å². The monoisotopic (exact) mass is 204 g/mol. The maximum absolute atomic E-state index is 10.8. The number of benzene rings is 1. The minimum atomic E-state index is -1.29. The fraction of sp³-hybridized carbons (Fsp3) is 0. The van der Waals surface area contributed by atoms with Gasteiger partial charge in [-0.1, -0.05) is 12.1 Å². The van der Waals surface area contributed by atoms with Gasteiger partial charge in [-0.3, -0.25) is 0 Å². The molecule has 4 N–H and O–H groups in total. The Morgan fingerprint density at radius 2 is 2.00 bits per heavy atom. The van der Waals surface area contributed by atoms with Gasteiger partial charge in [0.1, 0.15) is 17.1 Å². The molecule has 5 heteroatoms. The Morgan fingerprint density at radius 1 is 1.33 bits per heavy atom. The number of nitrogens with zero attached hydrogens (tertiary/aromatic N) is 1. The number of carboxylic acids is 1. The van der Waals surface area contributed by atoms with Crippen LogP contribution in [0, 0.1) is 0 Å². The van der Waals surface area contributed by atoms with Gasteiger partial charge >= 0.3 is 5.97 Å². The van der Waals surface area contributed by atoms with Crippen LogP contribution in [-0.2, 0) is 0 Å². The number of nitrogens with two attached hydrogens (primary N) is 1. The van der Waals surface area contributed by atoms with E-state index >= 15 is 0 Å². The minimum absolute atomic E-state index is 0.182. The SMILES string of the molecule is Nc1nc2ccccc2c(O)c1C(=O)O. The quantitative estimate of drug-likeness (QED) is 0.649. The molecule has 0 saturated carbocycles. The van der Waals surface area contributed by atoms with Gasteiger partial charge in [0.05, 0.1) is 5.52 Å². The summed E-state index contributed by atoms with van der Waals surface area (Å²) in [7, 11) is 0. The molecule has 5 nitrogen and oxygen atoms in total. The highest BCUT2D eigenvalue weighted by molar-refractivity contribution is 6.02. The number of carboxylic acid groups (broad SMARTS) is 1. The number of aromatic hydroxyl groups is 1. The second-order valence-electron chi connectivity index (χ2n) is 3.04. The van der Waals surface area contributed by atoms with E-state index in [1.807, 2.05) is 0 Å². The zero-order valence-corrected chi connectivity index (χ0v) is 7.64. The van der Waals surface area contributed by atoms with E-state index in [4.69, 9.17) is 10.8 Å². The second-order valence-corrected chi connectivity index (χ2v) is 3.04. The van der Waals surface area contributed by atoms with E-state index < -0.39 is 5.97 Å². The molecule has 0 atom stereocenters.